The van der Waals surface area contributed by atoms with E-state index in [1.807, 2.05) is 33.0 Å². The Kier molecular flexibility index (Phi) is 4.19. The summed E-state index contributed by atoms with van der Waals surface area (Å²) in [5.41, 5.74) is -0.141. The smallest absolute Gasteiger partial charge is 0.346 e. The van der Waals surface area contributed by atoms with Crippen molar-refractivity contribution in [3.05, 3.63) is 0 Å². The minimum Gasteiger partial charge on any atom is -0.346 e. The predicted molar refractivity (Wildman–Crippen MR) is 52.3 cm³/mol. The van der Waals surface area contributed by atoms with Crippen LogP contribution in [0, 0.1) is 11.3 Å². The van der Waals surface area contributed by atoms with E-state index in [2.05, 4.69) is 0 Å². The van der Waals surface area contributed by atoms with E-state index < -0.39 is 18.1 Å². The van der Waals surface area contributed by atoms with Crippen LogP contribution in [0.25, 0.3) is 0 Å². The number of hydrogen-bond acceptors (Lipinski definition) is 1. The van der Waals surface area contributed by atoms with Gasteiger partial charge in [-0.1, -0.05) is 27.7 Å². The second-order valence-corrected chi connectivity index (χ2v) is 4.91. The molecule has 90 valence electrons. The molecule has 5 heteroatoms. The molecule has 0 radical (unpaired) electrons. The summed E-state index contributed by atoms with van der Waals surface area (Å²) in [5, 5.41) is 1.96. The number of nitrogens with one attached hydrogen (secondary N) is 1. The van der Waals surface area contributed by atoms with E-state index in [9.17, 15) is 18.0 Å². The van der Waals surface area contributed by atoms with E-state index in [1.54, 1.807) is 6.92 Å². The Balaban J connectivity index is 4.39. The van der Waals surface area contributed by atoms with Crippen molar-refractivity contribution < 1.29 is 18.0 Å². The highest BCUT2D eigenvalue weighted by molar-refractivity contribution is 5.81. The minimum absolute atomic E-state index is 0.0381. The van der Waals surface area contributed by atoms with Gasteiger partial charge in [0.25, 0.3) is 0 Å². The lowest BCUT2D eigenvalue weighted by molar-refractivity contribution is -0.174. The van der Waals surface area contributed by atoms with Crippen molar-refractivity contribution >= 4 is 5.91 Å². The van der Waals surface area contributed by atoms with Gasteiger partial charge in [-0.05, 0) is 18.3 Å². The van der Waals surface area contributed by atoms with Gasteiger partial charge in [0.05, 0.1) is 0 Å². The van der Waals surface area contributed by atoms with Crippen LogP contribution in [-0.2, 0) is 4.79 Å². The van der Waals surface area contributed by atoms with Gasteiger partial charge in [-0.3, -0.25) is 4.79 Å². The first-order valence-electron chi connectivity index (χ1n) is 4.84. The van der Waals surface area contributed by atoms with Crippen molar-refractivity contribution in [3.63, 3.8) is 0 Å². The van der Waals surface area contributed by atoms with Gasteiger partial charge >= 0.3 is 12.1 Å². The fourth-order valence-electron chi connectivity index (χ4n) is 1.16. The second kappa shape index (κ2) is 4.41. The number of carbonyl (C=O) groups is 1. The molecule has 2 nitrogen and oxygen atoms in total. The number of halogens is 3. The molecule has 0 aliphatic heterocycles. The molecule has 0 saturated carbocycles. The summed E-state index contributed by atoms with van der Waals surface area (Å²) in [5.74, 6) is -1.91. The Morgan fingerprint density at radius 3 is 1.80 bits per heavy atom. The Bertz CT molecular complexity index is 230. The average Bonchev–Trinajstić information content (AvgIpc) is 1.99. The molecule has 0 aromatic rings. The SMILES string of the molecule is CC(NC(=O)C(F)(F)F)C(C)C(C)(C)C. The highest BCUT2D eigenvalue weighted by atomic mass is 19.4. The van der Waals surface area contributed by atoms with Crippen molar-refractivity contribution in [2.24, 2.45) is 11.3 Å². The van der Waals surface area contributed by atoms with E-state index in [0.717, 1.165) is 0 Å². The normalized spacial score (nSPS) is 17.1. The van der Waals surface area contributed by atoms with Gasteiger partial charge in [0.2, 0.25) is 0 Å². The molecule has 1 amide bonds. The summed E-state index contributed by atoms with van der Waals surface area (Å²) >= 11 is 0. The van der Waals surface area contributed by atoms with E-state index >= 15 is 0 Å². The summed E-state index contributed by atoms with van der Waals surface area (Å²) in [7, 11) is 0. The third-order valence-electron chi connectivity index (χ3n) is 2.73. The monoisotopic (exact) mass is 225 g/mol. The molecular weight excluding hydrogens is 207 g/mol. The molecule has 15 heavy (non-hydrogen) atoms. The molecule has 0 bridgehead atoms. The number of hydrogen-bond donors (Lipinski definition) is 1. The van der Waals surface area contributed by atoms with Crippen LogP contribution in [0.2, 0.25) is 0 Å². The molecule has 0 spiro atoms. The van der Waals surface area contributed by atoms with Crippen LogP contribution in [0.5, 0.6) is 0 Å². The highest BCUT2D eigenvalue weighted by Gasteiger charge is 2.40. The predicted octanol–water partition coefficient (Wildman–Crippen LogP) is 2.74. The third kappa shape index (κ3) is 4.53. The van der Waals surface area contributed by atoms with Gasteiger partial charge in [-0.25, -0.2) is 0 Å². The van der Waals surface area contributed by atoms with Crippen LogP contribution in [0.15, 0.2) is 0 Å². The lowest BCUT2D eigenvalue weighted by Crippen LogP contribution is -2.47. The van der Waals surface area contributed by atoms with Crippen LogP contribution in [0.3, 0.4) is 0 Å². The van der Waals surface area contributed by atoms with Gasteiger partial charge in [-0.15, -0.1) is 0 Å². The molecule has 1 N–H and O–H groups in total. The summed E-state index contributed by atoms with van der Waals surface area (Å²) < 4.78 is 35.9. The molecule has 0 saturated heterocycles. The van der Waals surface area contributed by atoms with Crippen molar-refractivity contribution in [3.8, 4) is 0 Å². The average molecular weight is 225 g/mol. The number of carbonyl (C=O) groups excluding carboxylic acids is 1. The van der Waals surface area contributed by atoms with Crippen molar-refractivity contribution in [1.82, 2.24) is 5.32 Å². The van der Waals surface area contributed by atoms with Crippen molar-refractivity contribution in [2.75, 3.05) is 0 Å². The topological polar surface area (TPSA) is 29.1 Å². The van der Waals surface area contributed by atoms with Crippen LogP contribution >= 0.6 is 0 Å². The van der Waals surface area contributed by atoms with E-state index in [0.29, 0.717) is 0 Å². The number of rotatable bonds is 2. The second-order valence-electron chi connectivity index (χ2n) is 4.91. The molecule has 0 rings (SSSR count). The molecular formula is C10H18F3NO. The van der Waals surface area contributed by atoms with Crippen LogP contribution in [-0.4, -0.2) is 18.1 Å². The molecule has 0 aliphatic carbocycles. The number of amides is 1. The van der Waals surface area contributed by atoms with Crippen LogP contribution in [0.4, 0.5) is 13.2 Å². The highest BCUT2D eigenvalue weighted by Crippen LogP contribution is 2.28. The maximum Gasteiger partial charge on any atom is 0.471 e. The molecule has 2 unspecified atom stereocenters. The molecule has 0 heterocycles. The lowest BCUT2D eigenvalue weighted by atomic mass is 9.78. The Morgan fingerprint density at radius 1 is 1.13 bits per heavy atom. The molecule has 0 aliphatic rings. The minimum atomic E-state index is -4.80. The zero-order chi connectivity index (χ0) is 12.4. The fourth-order valence-corrected chi connectivity index (χ4v) is 1.16. The van der Waals surface area contributed by atoms with Crippen molar-refractivity contribution in [1.29, 1.82) is 0 Å². The lowest BCUT2D eigenvalue weighted by Gasteiger charge is -2.32. The molecule has 0 fully saturated rings. The van der Waals surface area contributed by atoms with Gasteiger partial charge in [0.1, 0.15) is 0 Å². The van der Waals surface area contributed by atoms with Crippen LogP contribution < -0.4 is 5.32 Å². The van der Waals surface area contributed by atoms with E-state index in [-0.39, 0.29) is 11.3 Å². The van der Waals surface area contributed by atoms with E-state index in [4.69, 9.17) is 0 Å². The first kappa shape index (κ1) is 14.3. The van der Waals surface area contributed by atoms with Gasteiger partial charge in [0.15, 0.2) is 0 Å². The summed E-state index contributed by atoms with van der Waals surface area (Å²) in [6.45, 7) is 9.18. The molecule has 0 aromatic carbocycles. The summed E-state index contributed by atoms with van der Waals surface area (Å²) in [4.78, 5) is 10.7. The van der Waals surface area contributed by atoms with Crippen LogP contribution in [0.1, 0.15) is 34.6 Å². The summed E-state index contributed by atoms with van der Waals surface area (Å²) in [6, 6.07) is -0.501. The zero-order valence-corrected chi connectivity index (χ0v) is 9.70. The Morgan fingerprint density at radius 2 is 1.53 bits per heavy atom. The van der Waals surface area contributed by atoms with Crippen molar-refractivity contribution in [2.45, 2.75) is 46.8 Å². The largest absolute Gasteiger partial charge is 0.471 e. The number of alkyl halides is 3. The standard InChI is InChI=1S/C10H18F3NO/c1-6(9(3,4)5)7(2)14-8(15)10(11,12)13/h6-7H,1-5H3,(H,14,15). The Labute approximate surface area is 88.2 Å². The maximum atomic E-state index is 12.0. The molecule has 2 atom stereocenters. The first-order valence-corrected chi connectivity index (χ1v) is 4.84. The quantitative estimate of drug-likeness (QED) is 0.769. The van der Waals surface area contributed by atoms with E-state index in [1.165, 1.54) is 0 Å². The molecule has 0 aromatic heterocycles. The summed E-state index contributed by atoms with van der Waals surface area (Å²) in [6.07, 6.45) is -4.80. The zero-order valence-electron chi connectivity index (χ0n) is 9.70. The first-order chi connectivity index (χ1) is 6.46. The van der Waals surface area contributed by atoms with Gasteiger partial charge in [0, 0.05) is 6.04 Å². The van der Waals surface area contributed by atoms with Gasteiger partial charge < -0.3 is 5.32 Å². The third-order valence-corrected chi connectivity index (χ3v) is 2.73. The van der Waals surface area contributed by atoms with Gasteiger partial charge in [-0.2, -0.15) is 13.2 Å². The Hall–Kier alpha value is -0.740. The maximum absolute atomic E-state index is 12.0. The fraction of sp³-hybridized carbons (Fsp3) is 0.900.